The van der Waals surface area contributed by atoms with Gasteiger partial charge in [0.05, 0.1) is 0 Å². The van der Waals surface area contributed by atoms with Gasteiger partial charge in [-0.3, -0.25) is 0 Å². The third kappa shape index (κ3) is 18.9. The molecule has 0 bridgehead atoms. The second-order valence-electron chi connectivity index (χ2n) is 14.6. The Morgan fingerprint density at radius 1 is 0.540 bits per heavy atom. The first-order chi connectivity index (χ1) is 24.7. The second kappa shape index (κ2) is 29.8. The van der Waals surface area contributed by atoms with E-state index in [4.69, 9.17) is 0 Å². The van der Waals surface area contributed by atoms with Crippen molar-refractivity contribution in [2.75, 3.05) is 0 Å². The molecule has 0 aromatic heterocycles. The molecule has 2 nitrogen and oxygen atoms in total. The Hall–Kier alpha value is -2.92. The molecule has 0 spiro atoms. The fourth-order valence-corrected chi connectivity index (χ4v) is 7.01. The van der Waals surface area contributed by atoms with E-state index in [-0.39, 0.29) is 0 Å². The lowest BCUT2D eigenvalue weighted by Gasteiger charge is -2.17. The van der Waals surface area contributed by atoms with Crippen molar-refractivity contribution in [2.24, 2.45) is 0 Å². The third-order valence-electron chi connectivity index (χ3n) is 10.3. The van der Waals surface area contributed by atoms with Crippen LogP contribution in [0.4, 0.5) is 0 Å². The molecule has 0 aliphatic carbocycles. The Bertz CT molecular complexity index is 1270. The Morgan fingerprint density at radius 2 is 0.980 bits per heavy atom. The van der Waals surface area contributed by atoms with Crippen LogP contribution in [-0.2, 0) is 12.8 Å². The molecule has 0 amide bonds. The van der Waals surface area contributed by atoms with Gasteiger partial charge in [-0.2, -0.15) is 0 Å². The molecule has 2 heteroatoms. The van der Waals surface area contributed by atoms with Crippen LogP contribution in [0, 0.1) is 0 Å². The number of rotatable bonds is 30. The van der Waals surface area contributed by atoms with Gasteiger partial charge in [-0.1, -0.05) is 204 Å². The normalized spacial score (nSPS) is 11.8. The maximum absolute atomic E-state index is 9.72. The van der Waals surface area contributed by atoms with Crippen molar-refractivity contribution in [1.29, 1.82) is 0 Å². The minimum atomic E-state index is 0.896. The molecule has 0 radical (unpaired) electrons. The SMILES string of the molecule is CCCCCCCCCCCCCCCCCCCCC=CC(=C=[N+]=[N-])C(CCCC)=C(c1ccc(CC)cc1)c1ccc(CCCC)cc1. The molecule has 0 saturated heterocycles. The van der Waals surface area contributed by atoms with Gasteiger partial charge in [0.1, 0.15) is 5.57 Å². The molecule has 50 heavy (non-hydrogen) atoms. The summed E-state index contributed by atoms with van der Waals surface area (Å²) in [5.41, 5.74) is 18.2. The van der Waals surface area contributed by atoms with Gasteiger partial charge in [-0.05, 0) is 84.4 Å². The lowest BCUT2D eigenvalue weighted by atomic mass is 9.86. The first-order valence-electron chi connectivity index (χ1n) is 21.2. The molecule has 2 aromatic rings. The van der Waals surface area contributed by atoms with Crippen molar-refractivity contribution in [3.63, 3.8) is 0 Å². The Labute approximate surface area is 309 Å². The van der Waals surface area contributed by atoms with Gasteiger partial charge in [-0.25, -0.2) is 0 Å². The van der Waals surface area contributed by atoms with Crippen LogP contribution in [0.3, 0.4) is 0 Å². The van der Waals surface area contributed by atoms with E-state index in [9.17, 15) is 5.53 Å². The summed E-state index contributed by atoms with van der Waals surface area (Å²) in [7, 11) is 0. The smallest absolute Gasteiger partial charge is 0.307 e. The molecule has 0 heterocycles. The van der Waals surface area contributed by atoms with Crippen molar-refractivity contribution >= 4 is 11.4 Å². The van der Waals surface area contributed by atoms with Crippen molar-refractivity contribution in [2.45, 2.75) is 195 Å². The molecule has 0 unspecified atom stereocenters. The zero-order valence-electron chi connectivity index (χ0n) is 33.1. The van der Waals surface area contributed by atoms with Gasteiger partial charge >= 0.3 is 5.87 Å². The highest BCUT2D eigenvalue weighted by Crippen LogP contribution is 2.34. The van der Waals surface area contributed by atoms with Crippen LogP contribution in [0.2, 0.25) is 0 Å². The number of allylic oxidation sites excluding steroid dienone is 4. The predicted octanol–water partition coefficient (Wildman–Crippen LogP) is 15.4. The molecule has 0 aliphatic heterocycles. The minimum Gasteiger partial charge on any atom is -0.348 e. The summed E-state index contributed by atoms with van der Waals surface area (Å²) in [6.45, 7) is 9.00. The highest BCUT2D eigenvalue weighted by Gasteiger charge is 2.17. The van der Waals surface area contributed by atoms with Crippen molar-refractivity contribution in [3.05, 3.63) is 99.6 Å². The molecule has 0 N–H and O–H groups in total. The fraction of sp³-hybridized carbons (Fsp3) is 0.625. The summed E-state index contributed by atoms with van der Waals surface area (Å²) in [5, 5.41) is 0. The zero-order valence-corrected chi connectivity index (χ0v) is 33.1. The molecule has 0 aliphatic rings. The van der Waals surface area contributed by atoms with E-state index in [0.29, 0.717) is 0 Å². The van der Waals surface area contributed by atoms with Crippen LogP contribution in [0.15, 0.2) is 71.8 Å². The fourth-order valence-electron chi connectivity index (χ4n) is 7.01. The predicted molar refractivity (Wildman–Crippen MR) is 221 cm³/mol. The van der Waals surface area contributed by atoms with Crippen molar-refractivity contribution < 1.29 is 4.79 Å². The van der Waals surface area contributed by atoms with E-state index in [1.54, 1.807) is 0 Å². The van der Waals surface area contributed by atoms with Gasteiger partial charge in [0.25, 0.3) is 0 Å². The first-order valence-corrected chi connectivity index (χ1v) is 21.2. The topological polar surface area (TPSA) is 36.4 Å². The molecule has 0 fully saturated rings. The molecule has 0 atom stereocenters. The van der Waals surface area contributed by atoms with Gasteiger partial charge in [0, 0.05) is 0 Å². The van der Waals surface area contributed by atoms with Gasteiger partial charge in [0.2, 0.25) is 0 Å². The average Bonchev–Trinajstić information content (AvgIpc) is 3.15. The molecule has 276 valence electrons. The summed E-state index contributed by atoms with van der Waals surface area (Å²) in [6, 6.07) is 18.2. The molecule has 0 saturated carbocycles. The van der Waals surface area contributed by atoms with Crippen LogP contribution in [0.25, 0.3) is 11.1 Å². The van der Waals surface area contributed by atoms with E-state index in [1.165, 1.54) is 162 Å². The zero-order chi connectivity index (χ0) is 35.9. The quantitative estimate of drug-likeness (QED) is 0.0259. The van der Waals surface area contributed by atoms with Crippen LogP contribution < -0.4 is 0 Å². The van der Waals surface area contributed by atoms with E-state index >= 15 is 0 Å². The molecular weight excluding hydrogens is 605 g/mol. The Kier molecular flexibility index (Phi) is 25.8. The van der Waals surface area contributed by atoms with Crippen LogP contribution in [0.1, 0.15) is 204 Å². The Morgan fingerprint density at radius 3 is 1.42 bits per heavy atom. The maximum Gasteiger partial charge on any atom is 0.307 e. The lowest BCUT2D eigenvalue weighted by Crippen LogP contribution is -2.00. The lowest BCUT2D eigenvalue weighted by molar-refractivity contribution is 0.00766. The number of hydrogen-bond acceptors (Lipinski definition) is 0. The number of benzene rings is 2. The number of nitrogens with zero attached hydrogens (tertiary/aromatic N) is 2. The monoisotopic (exact) mass is 679 g/mol. The van der Waals surface area contributed by atoms with Crippen molar-refractivity contribution in [3.8, 4) is 0 Å². The average molecular weight is 679 g/mol. The Balaban J connectivity index is 1.90. The van der Waals surface area contributed by atoms with Crippen molar-refractivity contribution in [1.82, 2.24) is 0 Å². The van der Waals surface area contributed by atoms with Gasteiger partial charge in [0.15, 0.2) is 0 Å². The molecule has 2 rings (SSSR count). The maximum atomic E-state index is 9.72. The summed E-state index contributed by atoms with van der Waals surface area (Å²) >= 11 is 0. The van der Waals surface area contributed by atoms with E-state index < -0.39 is 0 Å². The van der Waals surface area contributed by atoms with Gasteiger partial charge < -0.3 is 5.53 Å². The highest BCUT2D eigenvalue weighted by atomic mass is 14.8. The van der Waals surface area contributed by atoms with E-state index in [2.05, 4.69) is 99.0 Å². The third-order valence-corrected chi connectivity index (χ3v) is 10.3. The number of aryl methyl sites for hydroxylation is 2. The standard InChI is InChI=1S/C48H74N2/c1-5-9-12-13-14-15-16-17-18-19-20-21-22-23-24-25-26-27-28-29-31-46(41-50-49)47(32-11-7-3)48(44-37-33-42(8-4)34-38-44)45-39-35-43(36-40-45)30-10-6-2/h29,31,33-40H,5-28,30,32H2,1-4H3. The summed E-state index contributed by atoms with van der Waals surface area (Å²) in [5.74, 6) is 2.99. The molecule has 2 aromatic carbocycles. The number of unbranched alkanes of at least 4 members (excludes halogenated alkanes) is 20. The molecular formula is C48H74N2. The largest absolute Gasteiger partial charge is 0.348 e. The van der Waals surface area contributed by atoms with E-state index in [0.717, 1.165) is 44.1 Å². The first kappa shape index (κ1) is 43.2. The van der Waals surface area contributed by atoms with Gasteiger partial charge in [-0.15, -0.1) is 4.79 Å². The highest BCUT2D eigenvalue weighted by molar-refractivity contribution is 5.88. The summed E-state index contributed by atoms with van der Waals surface area (Å²) < 4.78 is 0. The second-order valence-corrected chi connectivity index (χ2v) is 14.6. The van der Waals surface area contributed by atoms with Crippen LogP contribution in [0.5, 0.6) is 0 Å². The van der Waals surface area contributed by atoms with Crippen LogP contribution >= 0.6 is 0 Å². The van der Waals surface area contributed by atoms with E-state index in [1.807, 2.05) is 0 Å². The summed E-state index contributed by atoms with van der Waals surface area (Å²) in [6.07, 6.45) is 38.3. The number of hydrogen-bond donors (Lipinski definition) is 0. The van der Waals surface area contributed by atoms with Crippen LogP contribution in [-0.4, -0.2) is 10.7 Å². The minimum absolute atomic E-state index is 0.896. The summed E-state index contributed by atoms with van der Waals surface area (Å²) in [4.78, 5) is 3.44.